The molecule has 0 bridgehead atoms. The lowest BCUT2D eigenvalue weighted by molar-refractivity contribution is -0.123. The summed E-state index contributed by atoms with van der Waals surface area (Å²) in [6, 6.07) is 2.07. The summed E-state index contributed by atoms with van der Waals surface area (Å²) in [5, 5.41) is -0.678. The molecule has 1 aromatic rings. The van der Waals surface area contributed by atoms with Crippen molar-refractivity contribution in [1.29, 1.82) is 0 Å². The minimum absolute atomic E-state index is 0.0208. The molecular weight excluding hydrogens is 266 g/mol. The van der Waals surface area contributed by atoms with E-state index in [1.165, 1.54) is 0 Å². The minimum atomic E-state index is -1.02. The van der Waals surface area contributed by atoms with E-state index in [0.29, 0.717) is 0 Å². The molecule has 0 saturated carbocycles. The lowest BCUT2D eigenvalue weighted by Crippen LogP contribution is -2.29. The summed E-state index contributed by atoms with van der Waals surface area (Å²) in [6.07, 6.45) is -0.0796. The van der Waals surface area contributed by atoms with Gasteiger partial charge in [0.2, 0.25) is 11.8 Å². The minimum Gasteiger partial charge on any atom is -0.369 e. The van der Waals surface area contributed by atoms with Crippen molar-refractivity contribution in [3.05, 3.63) is 28.8 Å². The first-order valence-electron chi connectivity index (χ1n) is 5.15. The van der Waals surface area contributed by atoms with Crippen molar-refractivity contribution in [2.75, 3.05) is 11.4 Å². The van der Waals surface area contributed by atoms with Crippen LogP contribution in [0.4, 0.5) is 14.5 Å². The number of carbonyl (C=O) groups is 2. The van der Waals surface area contributed by atoms with Crippen LogP contribution in [0.2, 0.25) is 5.02 Å². The van der Waals surface area contributed by atoms with Crippen LogP contribution in [-0.4, -0.2) is 18.4 Å². The zero-order valence-electron chi connectivity index (χ0n) is 9.12. The highest BCUT2D eigenvalue weighted by Crippen LogP contribution is 2.32. The summed E-state index contributed by atoms with van der Waals surface area (Å²) in [5.74, 6) is -3.66. The van der Waals surface area contributed by atoms with Gasteiger partial charge >= 0.3 is 0 Å². The monoisotopic (exact) mass is 274 g/mol. The van der Waals surface area contributed by atoms with E-state index in [1.54, 1.807) is 0 Å². The standard InChI is InChI=1S/C11H9ClF2N2O2/c12-9-6(13)1-2-7(10(9)14)16-4-5(11(15)18)3-8(16)17/h1-2,5H,3-4H2,(H2,15,18). The van der Waals surface area contributed by atoms with Crippen LogP contribution in [0.1, 0.15) is 6.42 Å². The van der Waals surface area contributed by atoms with Gasteiger partial charge in [0, 0.05) is 13.0 Å². The van der Waals surface area contributed by atoms with Gasteiger partial charge in [0.1, 0.15) is 10.8 Å². The summed E-state index contributed by atoms with van der Waals surface area (Å²) in [4.78, 5) is 23.7. The molecule has 4 nitrogen and oxygen atoms in total. The number of rotatable bonds is 2. The van der Waals surface area contributed by atoms with Gasteiger partial charge in [0.05, 0.1) is 11.6 Å². The molecule has 7 heteroatoms. The molecule has 1 aromatic carbocycles. The average molecular weight is 275 g/mol. The Kier molecular flexibility index (Phi) is 3.21. The van der Waals surface area contributed by atoms with Crippen LogP contribution >= 0.6 is 11.6 Å². The first-order valence-corrected chi connectivity index (χ1v) is 5.52. The number of carbonyl (C=O) groups excluding carboxylic acids is 2. The Hall–Kier alpha value is -1.69. The van der Waals surface area contributed by atoms with E-state index in [9.17, 15) is 18.4 Å². The molecular formula is C11H9ClF2N2O2. The third kappa shape index (κ3) is 2.03. The van der Waals surface area contributed by atoms with Crippen molar-refractivity contribution in [1.82, 2.24) is 0 Å². The maximum absolute atomic E-state index is 13.7. The van der Waals surface area contributed by atoms with Gasteiger partial charge < -0.3 is 10.6 Å². The molecule has 1 heterocycles. The first-order chi connectivity index (χ1) is 8.41. The number of benzene rings is 1. The molecule has 0 radical (unpaired) electrons. The zero-order chi connectivity index (χ0) is 13.4. The van der Waals surface area contributed by atoms with Crippen LogP contribution in [0.25, 0.3) is 0 Å². The molecule has 0 aromatic heterocycles. The molecule has 18 heavy (non-hydrogen) atoms. The van der Waals surface area contributed by atoms with Gasteiger partial charge in [-0.1, -0.05) is 11.6 Å². The van der Waals surface area contributed by atoms with Gasteiger partial charge in [0.15, 0.2) is 5.82 Å². The van der Waals surface area contributed by atoms with Crippen molar-refractivity contribution in [3.63, 3.8) is 0 Å². The van der Waals surface area contributed by atoms with Gasteiger partial charge in [0.25, 0.3) is 0 Å². The molecule has 1 aliphatic rings. The van der Waals surface area contributed by atoms with Crippen molar-refractivity contribution in [2.24, 2.45) is 11.7 Å². The lowest BCUT2D eigenvalue weighted by Gasteiger charge is -2.17. The van der Waals surface area contributed by atoms with E-state index in [1.807, 2.05) is 0 Å². The molecule has 2 amide bonds. The Labute approximate surface area is 106 Å². The molecule has 2 N–H and O–H groups in total. The zero-order valence-corrected chi connectivity index (χ0v) is 9.88. The molecule has 1 atom stereocenters. The summed E-state index contributed by atoms with van der Waals surface area (Å²) in [5.41, 5.74) is 4.95. The molecule has 96 valence electrons. The summed E-state index contributed by atoms with van der Waals surface area (Å²) in [6.45, 7) is -0.0208. The largest absolute Gasteiger partial charge is 0.369 e. The van der Waals surface area contributed by atoms with Crippen LogP contribution in [0.3, 0.4) is 0 Å². The fourth-order valence-corrected chi connectivity index (χ4v) is 2.01. The Morgan fingerprint density at radius 3 is 2.67 bits per heavy atom. The van der Waals surface area contributed by atoms with E-state index in [4.69, 9.17) is 17.3 Å². The molecule has 1 unspecified atom stereocenters. The number of amides is 2. The van der Waals surface area contributed by atoms with Gasteiger partial charge in [-0.05, 0) is 12.1 Å². The van der Waals surface area contributed by atoms with Crippen molar-refractivity contribution >= 4 is 29.1 Å². The second kappa shape index (κ2) is 4.53. The fraction of sp³-hybridized carbons (Fsp3) is 0.273. The first kappa shape index (κ1) is 12.8. The van der Waals surface area contributed by atoms with Crippen LogP contribution in [-0.2, 0) is 9.59 Å². The summed E-state index contributed by atoms with van der Waals surface area (Å²) < 4.78 is 26.7. The van der Waals surface area contributed by atoms with Crippen LogP contribution < -0.4 is 10.6 Å². The van der Waals surface area contributed by atoms with Gasteiger partial charge in [-0.25, -0.2) is 8.78 Å². The Morgan fingerprint density at radius 2 is 2.11 bits per heavy atom. The number of nitrogens with two attached hydrogens (primary N) is 1. The summed E-state index contributed by atoms with van der Waals surface area (Å²) in [7, 11) is 0. The maximum Gasteiger partial charge on any atom is 0.227 e. The molecule has 1 fully saturated rings. The molecule has 1 saturated heterocycles. The molecule has 1 aliphatic heterocycles. The normalized spacial score (nSPS) is 19.4. The maximum atomic E-state index is 13.7. The SMILES string of the molecule is NC(=O)C1CC(=O)N(c2ccc(F)c(Cl)c2F)C1. The van der Waals surface area contributed by atoms with E-state index >= 15 is 0 Å². The van der Waals surface area contributed by atoms with Crippen LogP contribution in [0, 0.1) is 17.6 Å². The van der Waals surface area contributed by atoms with Gasteiger partial charge in [-0.3, -0.25) is 9.59 Å². The lowest BCUT2D eigenvalue weighted by atomic mass is 10.1. The summed E-state index contributed by atoms with van der Waals surface area (Å²) >= 11 is 5.43. The fourth-order valence-electron chi connectivity index (χ4n) is 1.86. The van der Waals surface area contributed by atoms with E-state index in [-0.39, 0.29) is 18.7 Å². The van der Waals surface area contributed by atoms with Crippen molar-refractivity contribution in [2.45, 2.75) is 6.42 Å². The highest BCUT2D eigenvalue weighted by atomic mass is 35.5. The number of anilines is 1. The smallest absolute Gasteiger partial charge is 0.227 e. The number of nitrogens with zero attached hydrogens (tertiary/aromatic N) is 1. The number of hydrogen-bond donors (Lipinski definition) is 1. The quantitative estimate of drug-likeness (QED) is 0.830. The number of primary amides is 1. The molecule has 2 rings (SSSR count). The van der Waals surface area contributed by atoms with Crippen LogP contribution in [0.5, 0.6) is 0 Å². The second-order valence-corrected chi connectivity index (χ2v) is 4.38. The molecule has 0 spiro atoms. The number of hydrogen-bond acceptors (Lipinski definition) is 2. The van der Waals surface area contributed by atoms with Gasteiger partial charge in [-0.15, -0.1) is 0 Å². The number of halogens is 3. The van der Waals surface area contributed by atoms with E-state index in [2.05, 4.69) is 0 Å². The highest BCUT2D eigenvalue weighted by Gasteiger charge is 2.35. The Bertz CT molecular complexity index is 536. The predicted octanol–water partition coefficient (Wildman–Crippen LogP) is 1.46. The Morgan fingerprint density at radius 1 is 1.44 bits per heavy atom. The van der Waals surface area contributed by atoms with Gasteiger partial charge in [-0.2, -0.15) is 0 Å². The topological polar surface area (TPSA) is 63.4 Å². The van der Waals surface area contributed by atoms with E-state index in [0.717, 1.165) is 17.0 Å². The van der Waals surface area contributed by atoms with Crippen molar-refractivity contribution < 1.29 is 18.4 Å². The highest BCUT2D eigenvalue weighted by molar-refractivity contribution is 6.31. The Balaban J connectivity index is 2.36. The third-order valence-corrected chi connectivity index (χ3v) is 3.18. The van der Waals surface area contributed by atoms with E-state index < -0.39 is 34.4 Å². The average Bonchev–Trinajstić information content (AvgIpc) is 2.69. The van der Waals surface area contributed by atoms with Crippen molar-refractivity contribution in [3.8, 4) is 0 Å². The van der Waals surface area contributed by atoms with Crippen LogP contribution in [0.15, 0.2) is 12.1 Å². The second-order valence-electron chi connectivity index (χ2n) is 4.00. The molecule has 0 aliphatic carbocycles. The third-order valence-electron chi connectivity index (χ3n) is 2.83. The predicted molar refractivity (Wildman–Crippen MR) is 61.0 cm³/mol.